The molecule has 2 aromatic carbocycles. The van der Waals surface area contributed by atoms with Crippen LogP contribution >= 0.6 is 0 Å². The van der Waals surface area contributed by atoms with E-state index in [1.165, 1.54) is 11.0 Å². The topological polar surface area (TPSA) is 63.2 Å². The Balaban J connectivity index is 0.00000131. The number of aromatic amines is 1. The first kappa shape index (κ1) is 35.7. The Morgan fingerprint density at radius 2 is 1.37 bits per heavy atom. The number of nitrogens with zero attached hydrogens (tertiary/aromatic N) is 3. The number of aromatic nitrogens is 3. The standard InChI is InChI=1S/C23H22F6N4O2.3C2H6/c24-22(25,26)18-10-16(11-19(12-18)23(27,28)29)13-35-14-21(17-4-2-1-3-5-17)6-8-32(9-7-21)33-15-30-31-20(33)34;3*1-2/h1-5,10-12,15H,6-9,13-14H2,(H,31,34);3*1-2H3. The summed E-state index contributed by atoms with van der Waals surface area (Å²) in [5, 5.41) is 7.87. The minimum atomic E-state index is -4.92. The van der Waals surface area contributed by atoms with Crippen LogP contribution in [0.2, 0.25) is 0 Å². The lowest BCUT2D eigenvalue weighted by atomic mass is 9.73. The molecule has 0 saturated carbocycles. The Labute approximate surface area is 237 Å². The first-order chi connectivity index (χ1) is 19.5. The molecule has 1 fully saturated rings. The Morgan fingerprint density at radius 1 is 0.854 bits per heavy atom. The summed E-state index contributed by atoms with van der Waals surface area (Å²) in [7, 11) is 0. The van der Waals surface area contributed by atoms with Crippen LogP contribution in [-0.2, 0) is 29.1 Å². The van der Waals surface area contributed by atoms with Crippen LogP contribution in [0.3, 0.4) is 0 Å². The zero-order valence-electron chi connectivity index (χ0n) is 24.4. The second-order valence-electron chi connectivity index (χ2n) is 8.51. The fraction of sp³-hybridized carbons (Fsp3) is 0.517. The lowest BCUT2D eigenvalue weighted by molar-refractivity contribution is -0.143. The van der Waals surface area contributed by atoms with E-state index in [-0.39, 0.29) is 23.9 Å². The molecule has 1 saturated heterocycles. The summed E-state index contributed by atoms with van der Waals surface area (Å²) < 4.78 is 86.1. The molecule has 12 heteroatoms. The Bertz CT molecular complexity index is 1170. The molecule has 230 valence electrons. The van der Waals surface area contributed by atoms with Crippen LogP contribution in [0.15, 0.2) is 59.7 Å². The van der Waals surface area contributed by atoms with E-state index in [9.17, 15) is 31.1 Å². The molecule has 0 atom stereocenters. The summed E-state index contributed by atoms with van der Waals surface area (Å²) in [6.07, 6.45) is -7.37. The number of alkyl halides is 6. The van der Waals surface area contributed by atoms with Crippen LogP contribution in [0.5, 0.6) is 0 Å². The van der Waals surface area contributed by atoms with Crippen molar-refractivity contribution in [1.29, 1.82) is 0 Å². The molecule has 1 aromatic heterocycles. The van der Waals surface area contributed by atoms with E-state index < -0.39 is 35.5 Å². The van der Waals surface area contributed by atoms with Gasteiger partial charge < -0.3 is 9.75 Å². The van der Waals surface area contributed by atoms with E-state index >= 15 is 0 Å². The molecule has 0 amide bonds. The molecule has 1 aliphatic heterocycles. The molecule has 1 N–H and O–H groups in total. The van der Waals surface area contributed by atoms with E-state index in [1.807, 2.05) is 76.9 Å². The minimum absolute atomic E-state index is 0.0860. The maximum absolute atomic E-state index is 13.2. The van der Waals surface area contributed by atoms with Gasteiger partial charge in [0, 0.05) is 18.5 Å². The summed E-state index contributed by atoms with van der Waals surface area (Å²) in [6, 6.07) is 10.8. The van der Waals surface area contributed by atoms with Crippen molar-refractivity contribution in [2.75, 3.05) is 24.7 Å². The van der Waals surface area contributed by atoms with E-state index in [4.69, 9.17) is 4.74 Å². The van der Waals surface area contributed by atoms with Gasteiger partial charge in [-0.3, -0.25) is 0 Å². The van der Waals surface area contributed by atoms with Gasteiger partial charge in [-0.25, -0.2) is 9.89 Å². The lowest BCUT2D eigenvalue weighted by Crippen LogP contribution is -2.51. The SMILES string of the molecule is CC.CC.CC.O=c1[nH]ncn1N1CCC(COCc2cc(C(F)(F)F)cc(C(F)(F)F)c2)(c2ccccc2)CC1. The Hall–Kier alpha value is -3.28. The van der Waals surface area contributed by atoms with Gasteiger partial charge in [0.05, 0.1) is 24.3 Å². The largest absolute Gasteiger partial charge is 0.416 e. The summed E-state index contributed by atoms with van der Waals surface area (Å²) in [5.41, 5.74) is -2.92. The quantitative estimate of drug-likeness (QED) is 0.301. The van der Waals surface area contributed by atoms with Crippen molar-refractivity contribution in [3.63, 3.8) is 0 Å². The highest BCUT2D eigenvalue weighted by atomic mass is 19.4. The third-order valence-corrected chi connectivity index (χ3v) is 6.22. The molecule has 0 aliphatic carbocycles. The molecule has 2 heterocycles. The average molecular weight is 591 g/mol. The number of halogens is 6. The van der Waals surface area contributed by atoms with Crippen LogP contribution in [0, 0.1) is 0 Å². The van der Waals surface area contributed by atoms with Gasteiger partial charge in [-0.1, -0.05) is 71.9 Å². The van der Waals surface area contributed by atoms with Crippen LogP contribution in [0.4, 0.5) is 26.3 Å². The molecular formula is C29H40F6N4O2. The number of rotatable bonds is 6. The number of benzene rings is 2. The van der Waals surface area contributed by atoms with E-state index in [1.54, 1.807) is 0 Å². The van der Waals surface area contributed by atoms with Crippen molar-refractivity contribution >= 4 is 0 Å². The molecule has 0 radical (unpaired) electrons. The predicted octanol–water partition coefficient (Wildman–Crippen LogP) is 7.57. The lowest BCUT2D eigenvalue weighted by Gasteiger charge is -2.42. The molecular weight excluding hydrogens is 550 g/mol. The third-order valence-electron chi connectivity index (χ3n) is 6.22. The summed E-state index contributed by atoms with van der Waals surface area (Å²) in [4.78, 5) is 11.9. The number of piperidine rings is 1. The van der Waals surface area contributed by atoms with Crippen molar-refractivity contribution in [3.05, 3.63) is 87.6 Å². The van der Waals surface area contributed by atoms with Gasteiger partial charge in [-0.15, -0.1) is 0 Å². The average Bonchev–Trinajstić information content (AvgIpc) is 3.41. The predicted molar refractivity (Wildman–Crippen MR) is 148 cm³/mol. The maximum atomic E-state index is 13.2. The zero-order chi connectivity index (χ0) is 31.3. The van der Waals surface area contributed by atoms with Gasteiger partial charge in [0.25, 0.3) is 0 Å². The van der Waals surface area contributed by atoms with Crippen LogP contribution in [0.1, 0.15) is 76.6 Å². The van der Waals surface area contributed by atoms with E-state index in [0.717, 1.165) is 5.56 Å². The van der Waals surface area contributed by atoms with Crippen molar-refractivity contribution in [3.8, 4) is 0 Å². The Kier molecular flexibility index (Phi) is 14.2. The van der Waals surface area contributed by atoms with Gasteiger partial charge in [-0.2, -0.15) is 36.1 Å². The van der Waals surface area contributed by atoms with E-state index in [0.29, 0.717) is 38.1 Å². The number of H-pyrrole nitrogens is 1. The second kappa shape index (κ2) is 16.2. The van der Waals surface area contributed by atoms with Crippen LogP contribution < -0.4 is 10.7 Å². The molecule has 1 aliphatic rings. The highest BCUT2D eigenvalue weighted by molar-refractivity contribution is 5.33. The fourth-order valence-corrected chi connectivity index (χ4v) is 4.36. The highest BCUT2D eigenvalue weighted by Crippen LogP contribution is 2.38. The molecule has 0 bridgehead atoms. The molecule has 0 spiro atoms. The van der Waals surface area contributed by atoms with Crippen LogP contribution in [-0.4, -0.2) is 34.6 Å². The third kappa shape index (κ3) is 9.65. The molecule has 6 nitrogen and oxygen atoms in total. The van der Waals surface area contributed by atoms with Crippen molar-refractivity contribution in [2.45, 2.75) is 78.8 Å². The molecule has 41 heavy (non-hydrogen) atoms. The van der Waals surface area contributed by atoms with Crippen molar-refractivity contribution < 1.29 is 31.1 Å². The summed E-state index contributed by atoms with van der Waals surface area (Å²) in [6.45, 7) is 12.6. The first-order valence-corrected chi connectivity index (χ1v) is 13.8. The second-order valence-corrected chi connectivity index (χ2v) is 8.51. The number of hydrogen-bond donors (Lipinski definition) is 1. The molecule has 4 rings (SSSR count). The van der Waals surface area contributed by atoms with Crippen LogP contribution in [0.25, 0.3) is 0 Å². The minimum Gasteiger partial charge on any atom is -0.376 e. The maximum Gasteiger partial charge on any atom is 0.416 e. The zero-order valence-corrected chi connectivity index (χ0v) is 24.4. The van der Waals surface area contributed by atoms with Gasteiger partial charge in [0.2, 0.25) is 0 Å². The fourth-order valence-electron chi connectivity index (χ4n) is 4.36. The molecule has 0 unspecified atom stereocenters. The highest BCUT2D eigenvalue weighted by Gasteiger charge is 2.39. The summed E-state index contributed by atoms with van der Waals surface area (Å²) >= 11 is 0. The van der Waals surface area contributed by atoms with Crippen molar-refractivity contribution in [2.24, 2.45) is 0 Å². The normalized spacial score (nSPS) is 14.5. The monoisotopic (exact) mass is 590 g/mol. The first-order valence-electron chi connectivity index (χ1n) is 13.8. The summed E-state index contributed by atoms with van der Waals surface area (Å²) in [5.74, 6) is 0. The number of nitrogens with one attached hydrogen (secondary N) is 1. The van der Waals surface area contributed by atoms with Gasteiger partial charge in [-0.05, 0) is 42.2 Å². The van der Waals surface area contributed by atoms with Gasteiger partial charge in [0.1, 0.15) is 6.33 Å². The van der Waals surface area contributed by atoms with E-state index in [2.05, 4.69) is 10.2 Å². The molecule has 3 aromatic rings. The Morgan fingerprint density at radius 3 is 1.80 bits per heavy atom. The van der Waals surface area contributed by atoms with Gasteiger partial charge >= 0.3 is 18.0 Å². The van der Waals surface area contributed by atoms with Crippen molar-refractivity contribution in [1.82, 2.24) is 14.9 Å². The smallest absolute Gasteiger partial charge is 0.376 e. The number of hydrogen-bond acceptors (Lipinski definition) is 4. The van der Waals surface area contributed by atoms with Gasteiger partial charge in [0.15, 0.2) is 0 Å². The number of ether oxygens (including phenoxy) is 1.